The molecule has 0 spiro atoms. The molecule has 2 amide bonds. The van der Waals surface area contributed by atoms with E-state index in [-0.39, 0.29) is 21.9 Å². The maximum atomic E-state index is 14.4. The molecule has 2 fully saturated rings. The van der Waals surface area contributed by atoms with Crippen molar-refractivity contribution < 1.29 is 18.4 Å². The molecule has 0 radical (unpaired) electrons. The lowest BCUT2D eigenvalue weighted by Gasteiger charge is -2.23. The van der Waals surface area contributed by atoms with Crippen molar-refractivity contribution in [2.45, 2.75) is 78.6 Å². The fourth-order valence-electron chi connectivity index (χ4n) is 4.16. The summed E-state index contributed by atoms with van der Waals surface area (Å²) in [5.74, 6) is -1.53. The lowest BCUT2D eigenvalue weighted by Crippen LogP contribution is -2.13. The standard InChI is InChI=1S/C17H14Cl2F2N2O.C5H10.C5H12.C3H7NO/c18-13-3-1-2-9(17(13)21)11-6-22-7-12(11)10-4-15(20)14(19)5-16(10)23-8-24;1-2-4-5-3-1;1-5(2,3)4;1-2-4-3-5/h1-5,8,11-12,22H,6-7H2,(H,23,24);1-5H2;1-4H3;3H,2H2,1H3,(H,4,5)/t11-,12+;;;/m1.../s1. The SMILES string of the molecule is C1CCCC1.CC(C)(C)C.CCNC=O.O=CNc1cc(Cl)c(F)cc1[C@@H]1CNC[C@@H]1c1cccc(Cl)c1F. The molecule has 218 valence electrons. The molecule has 4 rings (SSSR count). The Balaban J connectivity index is 0.000000413. The number of amides is 2. The third kappa shape index (κ3) is 13.1. The molecule has 1 saturated carbocycles. The van der Waals surface area contributed by atoms with Gasteiger partial charge in [0.2, 0.25) is 12.8 Å². The normalized spacial score (nSPS) is 17.9. The fourth-order valence-corrected chi connectivity index (χ4v) is 4.51. The summed E-state index contributed by atoms with van der Waals surface area (Å²) in [5, 5.41) is 8.12. The smallest absolute Gasteiger partial charge is 0.211 e. The van der Waals surface area contributed by atoms with Crippen LogP contribution < -0.4 is 16.0 Å². The van der Waals surface area contributed by atoms with Crippen LogP contribution in [0.4, 0.5) is 14.5 Å². The summed E-state index contributed by atoms with van der Waals surface area (Å²) < 4.78 is 28.4. The number of halogens is 4. The molecule has 39 heavy (non-hydrogen) atoms. The van der Waals surface area contributed by atoms with Crippen LogP contribution in [0.1, 0.15) is 89.7 Å². The van der Waals surface area contributed by atoms with E-state index in [1.807, 2.05) is 6.92 Å². The van der Waals surface area contributed by atoms with E-state index in [2.05, 4.69) is 43.6 Å². The number of hydrogen-bond acceptors (Lipinski definition) is 3. The minimum Gasteiger partial charge on any atom is -0.359 e. The number of rotatable bonds is 6. The summed E-state index contributed by atoms with van der Waals surface area (Å²) in [7, 11) is 0. The Morgan fingerprint density at radius 3 is 1.90 bits per heavy atom. The Morgan fingerprint density at radius 1 is 0.897 bits per heavy atom. The molecular weight excluding hydrogens is 543 g/mol. The monoisotopic (exact) mass is 585 g/mol. The molecule has 0 aromatic heterocycles. The largest absolute Gasteiger partial charge is 0.359 e. The third-order valence-corrected chi connectivity index (χ3v) is 6.42. The number of carbonyl (C=O) groups excluding carboxylic acids is 2. The first kappa shape index (κ1) is 34.8. The molecule has 2 aromatic carbocycles. The van der Waals surface area contributed by atoms with Gasteiger partial charge in [-0.3, -0.25) is 9.59 Å². The van der Waals surface area contributed by atoms with Gasteiger partial charge < -0.3 is 16.0 Å². The van der Waals surface area contributed by atoms with Gasteiger partial charge in [0, 0.05) is 37.2 Å². The second kappa shape index (κ2) is 18.2. The van der Waals surface area contributed by atoms with Crippen molar-refractivity contribution in [2.75, 3.05) is 25.0 Å². The summed E-state index contributed by atoms with van der Waals surface area (Å²) in [6, 6.07) is 7.50. The molecule has 0 bridgehead atoms. The second-order valence-corrected chi connectivity index (χ2v) is 11.9. The number of carbonyl (C=O) groups is 2. The molecule has 0 unspecified atom stereocenters. The molecular formula is C30H43Cl2F2N3O2. The van der Waals surface area contributed by atoms with Crippen LogP contribution in [0.3, 0.4) is 0 Å². The molecule has 3 N–H and O–H groups in total. The Bertz CT molecular complexity index is 1010. The summed E-state index contributed by atoms with van der Waals surface area (Å²) in [5.41, 5.74) is 1.95. The van der Waals surface area contributed by atoms with Gasteiger partial charge in [-0.1, -0.05) is 95.1 Å². The number of nitrogens with one attached hydrogen (secondary N) is 3. The van der Waals surface area contributed by atoms with Gasteiger partial charge >= 0.3 is 0 Å². The first-order valence-electron chi connectivity index (χ1n) is 13.4. The average Bonchev–Trinajstić information content (AvgIpc) is 3.59. The summed E-state index contributed by atoms with van der Waals surface area (Å²) in [6.45, 7) is 12.4. The topological polar surface area (TPSA) is 70.2 Å². The molecule has 1 aliphatic carbocycles. The fraction of sp³-hybridized carbons (Fsp3) is 0.533. The minimum absolute atomic E-state index is 0.0478. The zero-order valence-corrected chi connectivity index (χ0v) is 25.2. The van der Waals surface area contributed by atoms with Crippen LogP contribution in [0, 0.1) is 17.0 Å². The van der Waals surface area contributed by atoms with Gasteiger partial charge in [0.15, 0.2) is 0 Å². The highest BCUT2D eigenvalue weighted by molar-refractivity contribution is 6.31. The summed E-state index contributed by atoms with van der Waals surface area (Å²) in [6.07, 6.45) is 8.68. The molecule has 9 heteroatoms. The highest BCUT2D eigenvalue weighted by atomic mass is 35.5. The van der Waals surface area contributed by atoms with Crippen molar-refractivity contribution in [3.05, 3.63) is 63.1 Å². The van der Waals surface area contributed by atoms with Crippen molar-refractivity contribution >= 4 is 41.7 Å². The summed E-state index contributed by atoms with van der Waals surface area (Å²) in [4.78, 5) is 20.1. The van der Waals surface area contributed by atoms with E-state index in [0.717, 1.165) is 6.54 Å². The molecule has 2 aliphatic rings. The van der Waals surface area contributed by atoms with Crippen LogP contribution in [0.5, 0.6) is 0 Å². The van der Waals surface area contributed by atoms with Crippen LogP contribution in [-0.2, 0) is 9.59 Å². The summed E-state index contributed by atoms with van der Waals surface area (Å²) >= 11 is 11.7. The van der Waals surface area contributed by atoms with Gasteiger partial charge in [-0.05, 0) is 41.7 Å². The van der Waals surface area contributed by atoms with Crippen molar-refractivity contribution in [3.8, 4) is 0 Å². The first-order valence-corrected chi connectivity index (χ1v) is 14.2. The van der Waals surface area contributed by atoms with E-state index >= 15 is 0 Å². The predicted octanol–water partition coefficient (Wildman–Crippen LogP) is 8.07. The first-order chi connectivity index (χ1) is 18.4. The Labute approximate surface area is 242 Å². The van der Waals surface area contributed by atoms with Gasteiger partial charge in [-0.2, -0.15) is 0 Å². The van der Waals surface area contributed by atoms with Crippen LogP contribution in [-0.4, -0.2) is 32.5 Å². The van der Waals surface area contributed by atoms with Crippen LogP contribution in [0.15, 0.2) is 30.3 Å². The number of benzene rings is 2. The van der Waals surface area contributed by atoms with E-state index in [1.54, 1.807) is 12.1 Å². The molecule has 2 atom stereocenters. The molecule has 1 heterocycles. The molecule has 5 nitrogen and oxygen atoms in total. The van der Waals surface area contributed by atoms with Gasteiger partial charge in [0.25, 0.3) is 0 Å². The quantitative estimate of drug-likeness (QED) is 0.300. The van der Waals surface area contributed by atoms with Gasteiger partial charge in [0.1, 0.15) is 11.6 Å². The Morgan fingerprint density at radius 2 is 1.44 bits per heavy atom. The maximum absolute atomic E-state index is 14.4. The lowest BCUT2D eigenvalue weighted by molar-refractivity contribution is -0.109. The van der Waals surface area contributed by atoms with E-state index < -0.39 is 11.6 Å². The third-order valence-electron chi connectivity index (χ3n) is 5.84. The lowest BCUT2D eigenvalue weighted by atomic mass is 9.83. The van der Waals surface area contributed by atoms with Gasteiger partial charge in [0.05, 0.1) is 10.0 Å². The van der Waals surface area contributed by atoms with Crippen molar-refractivity contribution in [2.24, 2.45) is 5.41 Å². The van der Waals surface area contributed by atoms with Gasteiger partial charge in [-0.15, -0.1) is 0 Å². The van der Waals surface area contributed by atoms with Crippen LogP contribution in [0.2, 0.25) is 10.0 Å². The highest BCUT2D eigenvalue weighted by Crippen LogP contribution is 2.42. The van der Waals surface area contributed by atoms with E-state index in [9.17, 15) is 18.4 Å². The van der Waals surface area contributed by atoms with Crippen molar-refractivity contribution in [3.63, 3.8) is 0 Å². The number of anilines is 1. The molecule has 1 aliphatic heterocycles. The van der Waals surface area contributed by atoms with E-state index in [1.165, 1.54) is 50.3 Å². The van der Waals surface area contributed by atoms with E-state index in [0.29, 0.717) is 48.1 Å². The van der Waals surface area contributed by atoms with Crippen LogP contribution >= 0.6 is 23.2 Å². The predicted molar refractivity (Wildman–Crippen MR) is 159 cm³/mol. The zero-order chi connectivity index (χ0) is 29.4. The Hall–Kier alpha value is -2.22. The second-order valence-electron chi connectivity index (χ2n) is 11.1. The van der Waals surface area contributed by atoms with E-state index in [4.69, 9.17) is 23.2 Å². The number of hydrogen-bond donors (Lipinski definition) is 3. The zero-order valence-electron chi connectivity index (χ0n) is 23.7. The average molecular weight is 587 g/mol. The van der Waals surface area contributed by atoms with Crippen molar-refractivity contribution in [1.82, 2.24) is 10.6 Å². The van der Waals surface area contributed by atoms with Gasteiger partial charge in [-0.25, -0.2) is 8.78 Å². The molecule has 1 saturated heterocycles. The van der Waals surface area contributed by atoms with Crippen LogP contribution in [0.25, 0.3) is 0 Å². The Kier molecular flexibility index (Phi) is 16.2. The van der Waals surface area contributed by atoms with Crippen molar-refractivity contribution in [1.29, 1.82) is 0 Å². The molecule has 2 aromatic rings. The highest BCUT2D eigenvalue weighted by Gasteiger charge is 2.34. The minimum atomic E-state index is -0.583. The maximum Gasteiger partial charge on any atom is 0.211 e.